The Kier molecular flexibility index (Phi) is 4.95. The molecule has 0 unspecified atom stereocenters. The number of nitrogens with two attached hydrogens (primary N) is 1. The van der Waals surface area contributed by atoms with E-state index in [0.717, 1.165) is 0 Å². The van der Waals surface area contributed by atoms with Crippen molar-refractivity contribution in [3.05, 3.63) is 0 Å². The monoisotopic (exact) mass is 189 g/mol. The Morgan fingerprint density at radius 2 is 1.92 bits per heavy atom. The summed E-state index contributed by atoms with van der Waals surface area (Å²) in [6, 6.07) is -0.561. The number of rotatable bonds is 4. The maximum absolute atomic E-state index is 10.9. The van der Waals surface area contributed by atoms with Crippen molar-refractivity contribution in [2.24, 2.45) is 5.73 Å². The molecule has 0 rings (SSSR count). The van der Waals surface area contributed by atoms with Crippen LogP contribution < -0.4 is 5.73 Å². The molecule has 1 atom stereocenters. The summed E-state index contributed by atoms with van der Waals surface area (Å²) in [6.45, 7) is 8.09. The van der Waals surface area contributed by atoms with Gasteiger partial charge < -0.3 is 15.2 Å². The number of carbonyl (C=O) groups excluding carboxylic acids is 1. The number of ether oxygens (including phenoxy) is 2. The van der Waals surface area contributed by atoms with Crippen LogP contribution in [0.15, 0.2) is 0 Å². The Hall–Kier alpha value is -0.610. The van der Waals surface area contributed by atoms with Crippen LogP contribution in [0, 0.1) is 0 Å². The lowest BCUT2D eigenvalue weighted by atomic mass is 10.2. The highest BCUT2D eigenvalue weighted by Gasteiger charge is 2.11. The van der Waals surface area contributed by atoms with Crippen molar-refractivity contribution in [2.45, 2.75) is 39.3 Å². The highest BCUT2D eigenvalue weighted by atomic mass is 16.6. The summed E-state index contributed by atoms with van der Waals surface area (Å²) in [5.74, 6) is -0.391. The summed E-state index contributed by atoms with van der Waals surface area (Å²) in [5, 5.41) is 0. The first kappa shape index (κ1) is 12.4. The lowest BCUT2D eigenvalue weighted by molar-refractivity contribution is -0.147. The van der Waals surface area contributed by atoms with Gasteiger partial charge in [0, 0.05) is 0 Å². The maximum atomic E-state index is 10.9. The molecule has 4 nitrogen and oxygen atoms in total. The van der Waals surface area contributed by atoms with E-state index in [-0.39, 0.29) is 12.2 Å². The van der Waals surface area contributed by atoms with E-state index in [1.165, 1.54) is 0 Å². The lowest BCUT2D eigenvalue weighted by Gasteiger charge is -2.19. The topological polar surface area (TPSA) is 61.6 Å². The van der Waals surface area contributed by atoms with Gasteiger partial charge in [0.05, 0.1) is 12.2 Å². The normalized spacial score (nSPS) is 13.9. The largest absolute Gasteiger partial charge is 0.462 e. The van der Waals surface area contributed by atoms with E-state index in [2.05, 4.69) is 0 Å². The number of carbonyl (C=O) groups is 1. The zero-order chi connectivity index (χ0) is 10.5. The predicted octanol–water partition coefficient (Wildman–Crippen LogP) is 0.692. The molecule has 0 fully saturated rings. The third-order valence-corrected chi connectivity index (χ3v) is 1.23. The van der Waals surface area contributed by atoms with Crippen LogP contribution in [0.3, 0.4) is 0 Å². The molecule has 0 bridgehead atoms. The van der Waals surface area contributed by atoms with Crippen molar-refractivity contribution in [1.82, 2.24) is 0 Å². The highest BCUT2D eigenvalue weighted by Crippen LogP contribution is 2.05. The molecule has 0 aliphatic carbocycles. The van der Waals surface area contributed by atoms with Crippen LogP contribution in [0.4, 0.5) is 0 Å². The van der Waals surface area contributed by atoms with Gasteiger partial charge in [-0.15, -0.1) is 0 Å². The van der Waals surface area contributed by atoms with Gasteiger partial charge in [0.25, 0.3) is 0 Å². The summed E-state index contributed by atoms with van der Waals surface area (Å²) in [4.78, 5) is 10.9. The number of hydrogen-bond acceptors (Lipinski definition) is 4. The molecule has 0 aromatic heterocycles. The second-order valence-corrected chi connectivity index (χ2v) is 3.92. The molecule has 0 aliphatic heterocycles. The summed E-state index contributed by atoms with van der Waals surface area (Å²) >= 11 is 0. The van der Waals surface area contributed by atoms with Gasteiger partial charge in [-0.05, 0) is 27.7 Å². The zero-order valence-corrected chi connectivity index (χ0v) is 8.79. The van der Waals surface area contributed by atoms with Crippen LogP contribution in [-0.2, 0) is 14.3 Å². The first-order valence-electron chi connectivity index (χ1n) is 4.39. The van der Waals surface area contributed by atoms with Crippen molar-refractivity contribution in [1.29, 1.82) is 0 Å². The van der Waals surface area contributed by atoms with Gasteiger partial charge in [-0.2, -0.15) is 0 Å². The molecule has 13 heavy (non-hydrogen) atoms. The van der Waals surface area contributed by atoms with E-state index in [0.29, 0.717) is 6.61 Å². The standard InChI is InChI=1S/C9H19NO3/c1-7(10)8(11)12-5-6-13-9(2,3)4/h7H,5-6,10H2,1-4H3/t7-/m0/s1. The average Bonchev–Trinajstić information content (AvgIpc) is 1.95. The van der Waals surface area contributed by atoms with Gasteiger partial charge in [0.15, 0.2) is 0 Å². The molecule has 0 aromatic carbocycles. The van der Waals surface area contributed by atoms with Gasteiger partial charge >= 0.3 is 5.97 Å². The van der Waals surface area contributed by atoms with Crippen LogP contribution in [0.1, 0.15) is 27.7 Å². The average molecular weight is 189 g/mol. The highest BCUT2D eigenvalue weighted by molar-refractivity contribution is 5.74. The predicted molar refractivity (Wildman–Crippen MR) is 50.3 cm³/mol. The van der Waals surface area contributed by atoms with Crippen LogP contribution in [0.5, 0.6) is 0 Å². The summed E-state index contributed by atoms with van der Waals surface area (Å²) in [7, 11) is 0. The van der Waals surface area contributed by atoms with Crippen LogP contribution >= 0.6 is 0 Å². The fourth-order valence-corrected chi connectivity index (χ4v) is 0.622. The molecule has 0 spiro atoms. The van der Waals surface area contributed by atoms with Crippen molar-refractivity contribution in [3.63, 3.8) is 0 Å². The summed E-state index contributed by atoms with van der Waals surface area (Å²) < 4.78 is 10.2. The molecule has 4 heteroatoms. The van der Waals surface area contributed by atoms with Crippen LogP contribution in [0.25, 0.3) is 0 Å². The second kappa shape index (κ2) is 5.19. The quantitative estimate of drug-likeness (QED) is 0.522. The molecule has 0 aromatic rings. The fourth-order valence-electron chi connectivity index (χ4n) is 0.622. The van der Waals surface area contributed by atoms with Crippen molar-refractivity contribution >= 4 is 5.97 Å². The molecule has 2 N–H and O–H groups in total. The molecule has 0 aliphatic rings. The molecular formula is C9H19NO3. The third kappa shape index (κ3) is 7.74. The zero-order valence-electron chi connectivity index (χ0n) is 8.79. The number of hydrogen-bond donors (Lipinski definition) is 1. The summed E-state index contributed by atoms with van der Waals surface area (Å²) in [6.07, 6.45) is 0. The molecule has 0 heterocycles. The van der Waals surface area contributed by atoms with Gasteiger partial charge in [-0.3, -0.25) is 4.79 Å². The van der Waals surface area contributed by atoms with E-state index in [1.54, 1.807) is 6.92 Å². The van der Waals surface area contributed by atoms with Gasteiger partial charge in [0.1, 0.15) is 12.6 Å². The van der Waals surface area contributed by atoms with Crippen LogP contribution in [-0.4, -0.2) is 30.8 Å². The molecule has 78 valence electrons. The lowest BCUT2D eigenvalue weighted by Crippen LogP contribution is -2.30. The minimum absolute atomic E-state index is 0.194. The SMILES string of the molecule is C[C@H](N)C(=O)OCCOC(C)(C)C. The molecule has 0 radical (unpaired) electrons. The van der Waals surface area contributed by atoms with E-state index in [1.807, 2.05) is 20.8 Å². The smallest absolute Gasteiger partial charge is 0.322 e. The Morgan fingerprint density at radius 1 is 1.38 bits per heavy atom. The van der Waals surface area contributed by atoms with E-state index >= 15 is 0 Å². The molecular weight excluding hydrogens is 170 g/mol. The minimum atomic E-state index is -0.561. The maximum Gasteiger partial charge on any atom is 0.322 e. The van der Waals surface area contributed by atoms with Gasteiger partial charge in [0.2, 0.25) is 0 Å². The van der Waals surface area contributed by atoms with E-state index in [4.69, 9.17) is 15.2 Å². The van der Waals surface area contributed by atoms with E-state index < -0.39 is 12.0 Å². The molecule has 0 saturated heterocycles. The second-order valence-electron chi connectivity index (χ2n) is 3.92. The van der Waals surface area contributed by atoms with Crippen molar-refractivity contribution in [3.8, 4) is 0 Å². The third-order valence-electron chi connectivity index (χ3n) is 1.23. The van der Waals surface area contributed by atoms with E-state index in [9.17, 15) is 4.79 Å². The van der Waals surface area contributed by atoms with Crippen molar-refractivity contribution < 1.29 is 14.3 Å². The number of esters is 1. The Balaban J connectivity index is 3.42. The Bertz CT molecular complexity index is 161. The Labute approximate surface area is 79.4 Å². The first-order chi connectivity index (χ1) is 5.83. The fraction of sp³-hybridized carbons (Fsp3) is 0.889. The van der Waals surface area contributed by atoms with Gasteiger partial charge in [-0.25, -0.2) is 0 Å². The van der Waals surface area contributed by atoms with Gasteiger partial charge in [-0.1, -0.05) is 0 Å². The minimum Gasteiger partial charge on any atom is -0.462 e. The van der Waals surface area contributed by atoms with Crippen molar-refractivity contribution in [2.75, 3.05) is 13.2 Å². The molecule has 0 amide bonds. The summed E-state index contributed by atoms with van der Waals surface area (Å²) in [5.41, 5.74) is 5.09. The molecule has 0 saturated carbocycles. The Morgan fingerprint density at radius 3 is 2.31 bits per heavy atom. The first-order valence-corrected chi connectivity index (χ1v) is 4.39. The van der Waals surface area contributed by atoms with Crippen LogP contribution in [0.2, 0.25) is 0 Å².